The lowest BCUT2D eigenvalue weighted by Gasteiger charge is -2.08. The molecule has 1 atom stereocenters. The number of carbonyl (C=O) groups is 2. The van der Waals surface area contributed by atoms with Crippen LogP contribution in [0.4, 0.5) is 0 Å². The van der Waals surface area contributed by atoms with E-state index in [9.17, 15) is 9.59 Å². The Balaban J connectivity index is 1.75. The fourth-order valence-electron chi connectivity index (χ4n) is 2.22. The molecule has 0 unspecified atom stereocenters. The van der Waals surface area contributed by atoms with E-state index < -0.39 is 12.1 Å². The van der Waals surface area contributed by atoms with E-state index in [0.29, 0.717) is 15.8 Å². The van der Waals surface area contributed by atoms with E-state index in [1.165, 1.54) is 0 Å². The van der Waals surface area contributed by atoms with Gasteiger partial charge in [0.1, 0.15) is 11.9 Å². The molecule has 0 saturated carbocycles. The van der Waals surface area contributed by atoms with Crippen molar-refractivity contribution in [2.75, 3.05) is 0 Å². The second-order valence-corrected chi connectivity index (χ2v) is 5.83. The predicted molar refractivity (Wildman–Crippen MR) is 88.3 cm³/mol. The number of ether oxygens (including phenoxy) is 2. The number of Topliss-reactive ketones (excluding diaryl/α,β-unsaturated/α-hetero) is 1. The number of hydrogen-bond acceptors (Lipinski definition) is 4. The minimum absolute atomic E-state index is 0.0674. The number of esters is 1. The lowest BCUT2D eigenvalue weighted by Crippen LogP contribution is -2.15. The van der Waals surface area contributed by atoms with Gasteiger partial charge < -0.3 is 9.47 Å². The van der Waals surface area contributed by atoms with Crippen LogP contribution >= 0.6 is 15.9 Å². The van der Waals surface area contributed by atoms with Gasteiger partial charge in [-0.2, -0.15) is 0 Å². The number of carbonyl (C=O) groups excluding carboxylic acids is 2. The van der Waals surface area contributed by atoms with Gasteiger partial charge in [-0.15, -0.1) is 0 Å². The van der Waals surface area contributed by atoms with Crippen LogP contribution in [0.25, 0.3) is 0 Å². The molecule has 0 aromatic heterocycles. The molecule has 0 N–H and O–H groups in total. The summed E-state index contributed by atoms with van der Waals surface area (Å²) in [4.78, 5) is 24.2. The lowest BCUT2D eigenvalue weighted by atomic mass is 10.1. The zero-order chi connectivity index (χ0) is 16.2. The van der Waals surface area contributed by atoms with E-state index in [0.717, 1.165) is 0 Å². The van der Waals surface area contributed by atoms with Gasteiger partial charge in [0.15, 0.2) is 5.78 Å². The van der Waals surface area contributed by atoms with Crippen LogP contribution in [0.2, 0.25) is 0 Å². The molecule has 0 saturated heterocycles. The Morgan fingerprint density at radius 3 is 2.30 bits per heavy atom. The maximum absolute atomic E-state index is 12.2. The van der Waals surface area contributed by atoms with E-state index in [1.54, 1.807) is 48.5 Å². The van der Waals surface area contributed by atoms with Gasteiger partial charge in [0.05, 0.1) is 10.9 Å². The van der Waals surface area contributed by atoms with E-state index in [2.05, 4.69) is 15.9 Å². The predicted octanol–water partition coefficient (Wildman–Crippen LogP) is 3.87. The average molecular weight is 373 g/mol. The van der Waals surface area contributed by atoms with Gasteiger partial charge in [0, 0.05) is 5.56 Å². The number of ketones is 1. The van der Waals surface area contributed by atoms with Crippen LogP contribution in [0, 0.1) is 0 Å². The lowest BCUT2D eigenvalue weighted by molar-refractivity contribution is -0.141. The molecule has 0 spiro atoms. The number of hydrogen-bond donors (Lipinski definition) is 0. The van der Waals surface area contributed by atoms with Crippen molar-refractivity contribution in [1.29, 1.82) is 0 Å². The zero-order valence-corrected chi connectivity index (χ0v) is 13.7. The third-order valence-corrected chi connectivity index (χ3v) is 4.23. The van der Waals surface area contributed by atoms with Gasteiger partial charge in [-0.1, -0.05) is 48.5 Å². The zero-order valence-electron chi connectivity index (χ0n) is 12.1. The van der Waals surface area contributed by atoms with Crippen molar-refractivity contribution >= 4 is 27.7 Å². The number of cyclic esters (lactones) is 1. The first-order valence-electron chi connectivity index (χ1n) is 7.07. The van der Waals surface area contributed by atoms with Crippen LogP contribution in [0.15, 0.2) is 70.9 Å². The standard InChI is InChI=1S/C18H13BrO4/c19-16-15(11-14(20)12-7-3-1-4-8-12)23-18(21)17(16)22-13-9-5-2-6-10-13/h1-10,15H,11H2/t15-/m1/s1. The molecular formula is C18H13BrO4. The quantitative estimate of drug-likeness (QED) is 0.590. The molecule has 1 aliphatic heterocycles. The highest BCUT2D eigenvalue weighted by Gasteiger charge is 2.36. The fraction of sp³-hybridized carbons (Fsp3) is 0.111. The van der Waals surface area contributed by atoms with E-state index >= 15 is 0 Å². The topological polar surface area (TPSA) is 52.6 Å². The highest BCUT2D eigenvalue weighted by molar-refractivity contribution is 9.11. The molecule has 0 amide bonds. The highest BCUT2D eigenvalue weighted by Crippen LogP contribution is 2.32. The second-order valence-electron chi connectivity index (χ2n) is 4.98. The fourth-order valence-corrected chi connectivity index (χ4v) is 2.71. The summed E-state index contributed by atoms with van der Waals surface area (Å²) in [7, 11) is 0. The monoisotopic (exact) mass is 372 g/mol. The third-order valence-electron chi connectivity index (χ3n) is 3.36. The first-order chi connectivity index (χ1) is 11.1. The number of para-hydroxylation sites is 1. The molecule has 1 aliphatic rings. The van der Waals surface area contributed by atoms with E-state index in [1.807, 2.05) is 12.1 Å². The maximum Gasteiger partial charge on any atom is 0.375 e. The van der Waals surface area contributed by atoms with Gasteiger partial charge >= 0.3 is 5.97 Å². The normalized spacial score (nSPS) is 17.1. The molecular weight excluding hydrogens is 360 g/mol. The van der Waals surface area contributed by atoms with Gasteiger partial charge in [0.2, 0.25) is 5.76 Å². The summed E-state index contributed by atoms with van der Waals surface area (Å²) in [6.07, 6.45) is -0.591. The average Bonchev–Trinajstić information content (AvgIpc) is 2.84. The third kappa shape index (κ3) is 3.51. The summed E-state index contributed by atoms with van der Waals surface area (Å²) in [5.41, 5.74) is 0.585. The summed E-state index contributed by atoms with van der Waals surface area (Å²) in [6.45, 7) is 0. The first-order valence-corrected chi connectivity index (χ1v) is 7.86. The molecule has 3 rings (SSSR count). The molecule has 2 aromatic rings. The van der Waals surface area contributed by atoms with Crippen LogP contribution in [-0.2, 0) is 9.53 Å². The number of rotatable bonds is 5. The number of benzene rings is 2. The molecule has 4 nitrogen and oxygen atoms in total. The molecule has 0 radical (unpaired) electrons. The van der Waals surface area contributed by atoms with Crippen LogP contribution in [0.3, 0.4) is 0 Å². The van der Waals surface area contributed by atoms with Crippen LogP contribution < -0.4 is 4.74 Å². The van der Waals surface area contributed by atoms with Gasteiger partial charge in [0.25, 0.3) is 0 Å². The van der Waals surface area contributed by atoms with Gasteiger partial charge in [-0.3, -0.25) is 4.79 Å². The van der Waals surface area contributed by atoms with E-state index in [4.69, 9.17) is 9.47 Å². The van der Waals surface area contributed by atoms with Crippen molar-refractivity contribution < 1.29 is 19.1 Å². The Bertz CT molecular complexity index is 753. The molecule has 0 aliphatic carbocycles. The van der Waals surface area contributed by atoms with Crippen LogP contribution in [-0.4, -0.2) is 17.9 Å². The maximum atomic E-state index is 12.2. The Hall–Kier alpha value is -2.40. The smallest absolute Gasteiger partial charge is 0.375 e. The van der Waals surface area contributed by atoms with Crippen molar-refractivity contribution in [2.24, 2.45) is 0 Å². The Morgan fingerprint density at radius 2 is 1.65 bits per heavy atom. The molecule has 2 aromatic carbocycles. The molecule has 1 heterocycles. The Morgan fingerprint density at radius 1 is 1.04 bits per heavy atom. The van der Waals surface area contributed by atoms with Gasteiger partial charge in [-0.05, 0) is 28.1 Å². The summed E-state index contributed by atoms with van der Waals surface area (Å²) in [5, 5.41) is 0. The highest BCUT2D eigenvalue weighted by atomic mass is 79.9. The van der Waals surface area contributed by atoms with Crippen LogP contribution in [0.1, 0.15) is 16.8 Å². The largest absolute Gasteiger partial charge is 0.450 e. The molecule has 116 valence electrons. The Labute approximate surface area is 141 Å². The van der Waals surface area contributed by atoms with Crippen LogP contribution in [0.5, 0.6) is 5.75 Å². The molecule has 5 heteroatoms. The van der Waals surface area contributed by atoms with Crippen molar-refractivity contribution in [3.05, 3.63) is 76.5 Å². The van der Waals surface area contributed by atoms with E-state index in [-0.39, 0.29) is 18.0 Å². The Kier molecular flexibility index (Phi) is 4.57. The SMILES string of the molecule is O=C1O[C@H](CC(=O)c2ccccc2)C(Br)=C1Oc1ccccc1. The van der Waals surface area contributed by atoms with Gasteiger partial charge in [-0.25, -0.2) is 4.79 Å². The molecule has 0 bridgehead atoms. The minimum atomic E-state index is -0.658. The molecule has 23 heavy (non-hydrogen) atoms. The summed E-state index contributed by atoms with van der Waals surface area (Å²) >= 11 is 3.33. The second kappa shape index (κ2) is 6.79. The van der Waals surface area contributed by atoms with Crippen molar-refractivity contribution in [3.63, 3.8) is 0 Å². The van der Waals surface area contributed by atoms with Crippen molar-refractivity contribution in [1.82, 2.24) is 0 Å². The first kappa shape index (κ1) is 15.5. The number of halogens is 1. The molecule has 0 fully saturated rings. The van der Waals surface area contributed by atoms with Crippen molar-refractivity contribution in [2.45, 2.75) is 12.5 Å². The van der Waals surface area contributed by atoms with Crippen molar-refractivity contribution in [3.8, 4) is 5.75 Å². The summed E-state index contributed by atoms with van der Waals surface area (Å²) in [6, 6.07) is 17.8. The summed E-state index contributed by atoms with van der Waals surface area (Å²) in [5.74, 6) is -0.0543. The summed E-state index contributed by atoms with van der Waals surface area (Å²) < 4.78 is 11.3. The minimum Gasteiger partial charge on any atom is -0.450 e.